The molecule has 100 valence electrons. The van der Waals surface area contributed by atoms with Crippen LogP contribution in [0.4, 0.5) is 0 Å². The maximum Gasteiger partial charge on any atom is 0.241 e. The minimum atomic E-state index is -0.0668. The van der Waals surface area contributed by atoms with Crippen LogP contribution in [0.25, 0.3) is 0 Å². The SMILES string of the molecule is CCOCC(C(C)C)N1C(=O)C(C)NC1CC. The van der Waals surface area contributed by atoms with E-state index in [1.807, 2.05) is 18.7 Å². The molecular formula is C13H26N2O2. The van der Waals surface area contributed by atoms with Crippen LogP contribution in [0.2, 0.25) is 0 Å². The van der Waals surface area contributed by atoms with Crippen LogP contribution in [0, 0.1) is 5.92 Å². The van der Waals surface area contributed by atoms with Crippen molar-refractivity contribution in [3.63, 3.8) is 0 Å². The van der Waals surface area contributed by atoms with E-state index in [4.69, 9.17) is 4.74 Å². The number of hydrogen-bond acceptors (Lipinski definition) is 3. The quantitative estimate of drug-likeness (QED) is 0.769. The Hall–Kier alpha value is -0.610. The highest BCUT2D eigenvalue weighted by molar-refractivity contribution is 5.84. The Kier molecular flexibility index (Phi) is 5.40. The van der Waals surface area contributed by atoms with Gasteiger partial charge in [-0.3, -0.25) is 10.1 Å². The van der Waals surface area contributed by atoms with Gasteiger partial charge in [0.25, 0.3) is 0 Å². The van der Waals surface area contributed by atoms with E-state index in [9.17, 15) is 4.79 Å². The minimum absolute atomic E-state index is 0.0668. The number of nitrogens with one attached hydrogen (secondary N) is 1. The van der Waals surface area contributed by atoms with Gasteiger partial charge in [-0.05, 0) is 26.2 Å². The number of rotatable bonds is 6. The van der Waals surface area contributed by atoms with Gasteiger partial charge in [0.1, 0.15) is 0 Å². The van der Waals surface area contributed by atoms with Gasteiger partial charge in [0.05, 0.1) is 24.9 Å². The van der Waals surface area contributed by atoms with Crippen LogP contribution in [0.1, 0.15) is 41.0 Å². The van der Waals surface area contributed by atoms with Gasteiger partial charge in [0.2, 0.25) is 5.91 Å². The molecule has 0 aromatic rings. The van der Waals surface area contributed by atoms with E-state index < -0.39 is 0 Å². The maximum absolute atomic E-state index is 12.2. The molecule has 1 aliphatic rings. The molecule has 1 heterocycles. The molecule has 3 atom stereocenters. The van der Waals surface area contributed by atoms with E-state index in [2.05, 4.69) is 26.1 Å². The van der Waals surface area contributed by atoms with Gasteiger partial charge in [-0.15, -0.1) is 0 Å². The molecule has 0 aromatic heterocycles. The number of carbonyl (C=O) groups excluding carboxylic acids is 1. The molecule has 0 radical (unpaired) electrons. The molecule has 17 heavy (non-hydrogen) atoms. The third-order valence-electron chi connectivity index (χ3n) is 3.41. The molecule has 0 aromatic carbocycles. The zero-order chi connectivity index (χ0) is 13.0. The first-order valence-electron chi connectivity index (χ1n) is 6.68. The first kappa shape index (κ1) is 14.5. The third kappa shape index (κ3) is 3.19. The average molecular weight is 242 g/mol. The summed E-state index contributed by atoms with van der Waals surface area (Å²) in [6.45, 7) is 11.6. The zero-order valence-corrected chi connectivity index (χ0v) is 11.7. The molecule has 4 heteroatoms. The van der Waals surface area contributed by atoms with Crippen LogP contribution in [0.15, 0.2) is 0 Å². The van der Waals surface area contributed by atoms with Crippen molar-refractivity contribution >= 4 is 5.91 Å². The standard InChI is InChI=1S/C13H26N2O2/c1-6-12-14-10(5)13(16)15(12)11(9(3)4)8-17-7-2/h9-12,14H,6-8H2,1-5H3. The summed E-state index contributed by atoms with van der Waals surface area (Å²) in [7, 11) is 0. The Morgan fingerprint density at radius 3 is 2.53 bits per heavy atom. The highest BCUT2D eigenvalue weighted by Crippen LogP contribution is 2.21. The first-order chi connectivity index (χ1) is 8.02. The summed E-state index contributed by atoms with van der Waals surface area (Å²) >= 11 is 0. The molecular weight excluding hydrogens is 216 g/mol. The number of amides is 1. The average Bonchev–Trinajstić information content (AvgIpc) is 2.57. The van der Waals surface area contributed by atoms with Crippen molar-refractivity contribution < 1.29 is 9.53 Å². The van der Waals surface area contributed by atoms with Gasteiger partial charge in [-0.1, -0.05) is 20.8 Å². The summed E-state index contributed by atoms with van der Waals surface area (Å²) in [5, 5.41) is 3.34. The summed E-state index contributed by atoms with van der Waals surface area (Å²) in [5.41, 5.74) is 0. The van der Waals surface area contributed by atoms with Crippen molar-refractivity contribution in [1.82, 2.24) is 10.2 Å². The van der Waals surface area contributed by atoms with Crippen molar-refractivity contribution in [3.8, 4) is 0 Å². The van der Waals surface area contributed by atoms with Gasteiger partial charge in [0, 0.05) is 6.61 Å². The van der Waals surface area contributed by atoms with Crippen LogP contribution in [-0.4, -0.2) is 42.3 Å². The van der Waals surface area contributed by atoms with Gasteiger partial charge >= 0.3 is 0 Å². The molecule has 4 nitrogen and oxygen atoms in total. The van der Waals surface area contributed by atoms with E-state index in [0.29, 0.717) is 19.1 Å². The van der Waals surface area contributed by atoms with E-state index in [1.54, 1.807) is 0 Å². The lowest BCUT2D eigenvalue weighted by atomic mass is 10.0. The fourth-order valence-corrected chi connectivity index (χ4v) is 2.36. The second-order valence-electron chi connectivity index (χ2n) is 5.03. The molecule has 1 aliphatic heterocycles. The minimum Gasteiger partial charge on any atom is -0.380 e. The molecule has 1 fully saturated rings. The fraction of sp³-hybridized carbons (Fsp3) is 0.923. The van der Waals surface area contributed by atoms with Crippen molar-refractivity contribution in [1.29, 1.82) is 0 Å². The van der Waals surface area contributed by atoms with Gasteiger partial charge in [-0.2, -0.15) is 0 Å². The van der Waals surface area contributed by atoms with Crippen LogP contribution in [-0.2, 0) is 9.53 Å². The highest BCUT2D eigenvalue weighted by atomic mass is 16.5. The Morgan fingerprint density at radius 1 is 1.41 bits per heavy atom. The fourth-order valence-electron chi connectivity index (χ4n) is 2.36. The molecule has 1 saturated heterocycles. The number of carbonyl (C=O) groups is 1. The summed E-state index contributed by atoms with van der Waals surface area (Å²) in [5.74, 6) is 0.613. The van der Waals surface area contributed by atoms with Crippen molar-refractivity contribution in [2.75, 3.05) is 13.2 Å². The highest BCUT2D eigenvalue weighted by Gasteiger charge is 2.40. The van der Waals surface area contributed by atoms with E-state index in [-0.39, 0.29) is 24.2 Å². The van der Waals surface area contributed by atoms with Crippen LogP contribution in [0.3, 0.4) is 0 Å². The Bertz CT molecular complexity index is 256. The molecule has 0 bridgehead atoms. The monoisotopic (exact) mass is 242 g/mol. The molecule has 0 spiro atoms. The maximum atomic E-state index is 12.2. The topological polar surface area (TPSA) is 41.6 Å². The van der Waals surface area contributed by atoms with Crippen molar-refractivity contribution in [3.05, 3.63) is 0 Å². The number of nitrogens with zero attached hydrogens (tertiary/aromatic N) is 1. The molecule has 1 rings (SSSR count). The van der Waals surface area contributed by atoms with Gasteiger partial charge in [0.15, 0.2) is 0 Å². The summed E-state index contributed by atoms with van der Waals surface area (Å²) < 4.78 is 5.52. The Labute approximate surface area is 105 Å². The largest absolute Gasteiger partial charge is 0.380 e. The van der Waals surface area contributed by atoms with E-state index in [1.165, 1.54) is 0 Å². The zero-order valence-electron chi connectivity index (χ0n) is 11.7. The third-order valence-corrected chi connectivity index (χ3v) is 3.41. The Balaban J connectivity index is 2.79. The molecule has 1 N–H and O–H groups in total. The van der Waals surface area contributed by atoms with Gasteiger partial charge < -0.3 is 9.64 Å². The summed E-state index contributed by atoms with van der Waals surface area (Å²) in [6, 6.07) is 0.104. The van der Waals surface area contributed by atoms with Crippen LogP contribution >= 0.6 is 0 Å². The lowest BCUT2D eigenvalue weighted by Gasteiger charge is -2.34. The summed E-state index contributed by atoms with van der Waals surface area (Å²) in [4.78, 5) is 14.2. The lowest BCUT2D eigenvalue weighted by Crippen LogP contribution is -2.49. The van der Waals surface area contributed by atoms with E-state index in [0.717, 1.165) is 6.42 Å². The second-order valence-corrected chi connectivity index (χ2v) is 5.03. The molecule has 3 unspecified atom stereocenters. The predicted molar refractivity (Wildman–Crippen MR) is 68.6 cm³/mol. The lowest BCUT2D eigenvalue weighted by molar-refractivity contribution is -0.134. The first-order valence-corrected chi connectivity index (χ1v) is 6.68. The van der Waals surface area contributed by atoms with Gasteiger partial charge in [-0.25, -0.2) is 0 Å². The number of ether oxygens (including phenoxy) is 1. The molecule has 1 amide bonds. The van der Waals surface area contributed by atoms with Crippen molar-refractivity contribution in [2.45, 2.75) is 59.3 Å². The smallest absolute Gasteiger partial charge is 0.241 e. The van der Waals surface area contributed by atoms with Crippen molar-refractivity contribution in [2.24, 2.45) is 5.92 Å². The normalized spacial score (nSPS) is 26.9. The Morgan fingerprint density at radius 2 is 2.06 bits per heavy atom. The van der Waals surface area contributed by atoms with Crippen LogP contribution < -0.4 is 5.32 Å². The van der Waals surface area contributed by atoms with Crippen LogP contribution in [0.5, 0.6) is 0 Å². The molecule has 0 aliphatic carbocycles. The summed E-state index contributed by atoms with van der Waals surface area (Å²) in [6.07, 6.45) is 1.09. The molecule has 0 saturated carbocycles. The predicted octanol–water partition coefficient (Wildman–Crippen LogP) is 1.60. The van der Waals surface area contributed by atoms with E-state index >= 15 is 0 Å². The number of hydrogen-bond donors (Lipinski definition) is 1. The second kappa shape index (κ2) is 6.36.